The van der Waals surface area contributed by atoms with Gasteiger partial charge in [-0.3, -0.25) is 4.79 Å². The molecular weight excluding hydrogens is 216 g/mol. The highest BCUT2D eigenvalue weighted by molar-refractivity contribution is 5.89. The number of carbonyl (C=O) groups excluding carboxylic acids is 1. The summed E-state index contributed by atoms with van der Waals surface area (Å²) < 4.78 is 4.60. The summed E-state index contributed by atoms with van der Waals surface area (Å²) in [6.07, 6.45) is 2.18. The van der Waals surface area contributed by atoms with E-state index in [9.17, 15) is 14.4 Å². The van der Waals surface area contributed by atoms with Crippen LogP contribution in [0.1, 0.15) is 19.8 Å². The van der Waals surface area contributed by atoms with Crippen LogP contribution in [0.3, 0.4) is 0 Å². The quantitative estimate of drug-likeness (QED) is 0.538. The fraction of sp³-hybridized carbons (Fsp3) is 0.400. The van der Waals surface area contributed by atoms with Gasteiger partial charge >= 0.3 is 17.9 Å². The van der Waals surface area contributed by atoms with E-state index < -0.39 is 11.9 Å². The lowest BCUT2D eigenvalue weighted by Gasteiger charge is -1.96. The molecule has 0 heterocycles. The van der Waals surface area contributed by atoms with Gasteiger partial charge in [0.25, 0.3) is 0 Å². The zero-order valence-corrected chi connectivity index (χ0v) is 9.01. The Morgan fingerprint density at radius 2 is 1.62 bits per heavy atom. The van der Waals surface area contributed by atoms with Crippen molar-refractivity contribution in [1.82, 2.24) is 0 Å². The molecule has 0 saturated heterocycles. The summed E-state index contributed by atoms with van der Waals surface area (Å²) in [6, 6.07) is 0. The highest BCUT2D eigenvalue weighted by Gasteiger charge is 1.95. The van der Waals surface area contributed by atoms with E-state index in [0.717, 1.165) is 0 Å². The lowest BCUT2D eigenvalue weighted by Crippen LogP contribution is -2.01. The minimum Gasteiger partial charge on any atom is -0.478 e. The Labute approximate surface area is 93.5 Å². The van der Waals surface area contributed by atoms with Crippen LogP contribution in [0.5, 0.6) is 0 Å². The molecule has 0 aliphatic heterocycles. The van der Waals surface area contributed by atoms with Crippen molar-refractivity contribution in [2.45, 2.75) is 19.8 Å². The Morgan fingerprint density at radius 1 is 1.19 bits per heavy atom. The van der Waals surface area contributed by atoms with Gasteiger partial charge in [0.05, 0.1) is 6.61 Å². The first kappa shape index (κ1) is 16.6. The van der Waals surface area contributed by atoms with Crippen molar-refractivity contribution in [2.75, 3.05) is 6.61 Å². The number of carboxylic acids is 2. The Balaban J connectivity index is 0. The van der Waals surface area contributed by atoms with Crippen LogP contribution in [0.4, 0.5) is 0 Å². The molecule has 0 aromatic rings. The van der Waals surface area contributed by atoms with E-state index in [4.69, 9.17) is 10.2 Å². The second kappa shape index (κ2) is 11.2. The van der Waals surface area contributed by atoms with Crippen LogP contribution >= 0.6 is 0 Å². The van der Waals surface area contributed by atoms with E-state index in [1.807, 2.05) is 0 Å². The molecular formula is C10H15O6. The van der Waals surface area contributed by atoms with Gasteiger partial charge in [0.15, 0.2) is 0 Å². The van der Waals surface area contributed by atoms with E-state index in [0.29, 0.717) is 31.6 Å². The number of ether oxygens (including phenoxy) is 1. The highest BCUT2D eigenvalue weighted by Crippen LogP contribution is 1.88. The second-order valence-electron chi connectivity index (χ2n) is 2.42. The molecule has 0 rings (SSSR count). The van der Waals surface area contributed by atoms with E-state index in [1.54, 1.807) is 6.92 Å². The van der Waals surface area contributed by atoms with Gasteiger partial charge in [-0.2, -0.15) is 0 Å². The first-order chi connectivity index (χ1) is 7.43. The number of aliphatic carboxylic acids is 2. The molecule has 91 valence electrons. The monoisotopic (exact) mass is 231 g/mol. The molecule has 6 heteroatoms. The van der Waals surface area contributed by atoms with Crippen molar-refractivity contribution >= 4 is 17.9 Å². The topological polar surface area (TPSA) is 101 Å². The maximum Gasteiger partial charge on any atom is 0.328 e. The van der Waals surface area contributed by atoms with Gasteiger partial charge in [-0.1, -0.05) is 6.92 Å². The molecule has 0 amide bonds. The summed E-state index contributed by atoms with van der Waals surface area (Å²) >= 11 is 0. The van der Waals surface area contributed by atoms with Crippen LogP contribution in [0, 0.1) is 6.92 Å². The number of carbonyl (C=O) groups is 3. The van der Waals surface area contributed by atoms with Crippen LogP contribution in [0.2, 0.25) is 0 Å². The summed E-state index contributed by atoms with van der Waals surface area (Å²) in [7, 11) is 0. The molecule has 0 aliphatic rings. The molecule has 0 unspecified atom stereocenters. The third-order valence-corrected chi connectivity index (χ3v) is 1.05. The SMILES string of the molecule is O=C(O)/C=C/C(=O)O.[CH2]CCC(=O)OCC. The minimum absolute atomic E-state index is 0.150. The minimum atomic E-state index is -1.26. The molecule has 2 N–H and O–H groups in total. The first-order valence-electron chi connectivity index (χ1n) is 4.52. The number of carboxylic acid groups (broad SMARTS) is 2. The molecule has 0 bridgehead atoms. The Morgan fingerprint density at radius 3 is 1.88 bits per heavy atom. The van der Waals surface area contributed by atoms with Crippen molar-refractivity contribution in [2.24, 2.45) is 0 Å². The van der Waals surface area contributed by atoms with Crippen LogP contribution in [-0.4, -0.2) is 34.7 Å². The summed E-state index contributed by atoms with van der Waals surface area (Å²) in [4.78, 5) is 29.5. The lowest BCUT2D eigenvalue weighted by atomic mass is 10.3. The fourth-order valence-corrected chi connectivity index (χ4v) is 0.520. The molecule has 0 spiro atoms. The van der Waals surface area contributed by atoms with Crippen molar-refractivity contribution in [1.29, 1.82) is 0 Å². The summed E-state index contributed by atoms with van der Waals surface area (Å²) in [5, 5.41) is 15.6. The molecule has 0 fully saturated rings. The normalized spacial score (nSPS) is 9.12. The van der Waals surface area contributed by atoms with Crippen LogP contribution < -0.4 is 0 Å². The van der Waals surface area contributed by atoms with Gasteiger partial charge in [-0.15, -0.1) is 0 Å². The molecule has 0 aromatic carbocycles. The lowest BCUT2D eigenvalue weighted by molar-refractivity contribution is -0.143. The number of hydrogen-bond donors (Lipinski definition) is 2. The molecule has 16 heavy (non-hydrogen) atoms. The van der Waals surface area contributed by atoms with Gasteiger partial charge in [0.2, 0.25) is 0 Å². The predicted octanol–water partition coefficient (Wildman–Crippen LogP) is 0.876. The van der Waals surface area contributed by atoms with E-state index >= 15 is 0 Å². The third-order valence-electron chi connectivity index (χ3n) is 1.05. The maximum atomic E-state index is 10.4. The second-order valence-corrected chi connectivity index (χ2v) is 2.42. The summed E-state index contributed by atoms with van der Waals surface area (Å²) in [5.74, 6) is -2.66. The third kappa shape index (κ3) is 18.0. The maximum absolute atomic E-state index is 10.4. The number of rotatable bonds is 5. The van der Waals surface area contributed by atoms with Crippen molar-refractivity contribution in [3.8, 4) is 0 Å². The molecule has 0 aromatic heterocycles. The average Bonchev–Trinajstić information content (AvgIpc) is 2.16. The smallest absolute Gasteiger partial charge is 0.328 e. The van der Waals surface area contributed by atoms with Gasteiger partial charge in [0, 0.05) is 18.6 Å². The number of esters is 1. The van der Waals surface area contributed by atoms with Gasteiger partial charge in [-0.25, -0.2) is 9.59 Å². The van der Waals surface area contributed by atoms with Gasteiger partial charge < -0.3 is 14.9 Å². The van der Waals surface area contributed by atoms with E-state index in [1.165, 1.54) is 0 Å². The van der Waals surface area contributed by atoms with Gasteiger partial charge in [0.1, 0.15) is 0 Å². The molecule has 6 nitrogen and oxygen atoms in total. The summed E-state index contributed by atoms with van der Waals surface area (Å²) in [6.45, 7) is 5.77. The van der Waals surface area contributed by atoms with Gasteiger partial charge in [-0.05, 0) is 13.3 Å². The van der Waals surface area contributed by atoms with Crippen molar-refractivity contribution in [3.63, 3.8) is 0 Å². The van der Waals surface area contributed by atoms with Crippen LogP contribution in [0.15, 0.2) is 12.2 Å². The fourth-order valence-electron chi connectivity index (χ4n) is 0.520. The number of hydrogen-bond acceptors (Lipinski definition) is 4. The van der Waals surface area contributed by atoms with E-state index in [-0.39, 0.29) is 5.97 Å². The zero-order valence-electron chi connectivity index (χ0n) is 9.01. The zero-order chi connectivity index (χ0) is 13.0. The molecule has 0 aliphatic carbocycles. The van der Waals surface area contributed by atoms with Crippen LogP contribution in [0.25, 0.3) is 0 Å². The summed E-state index contributed by atoms with van der Waals surface area (Å²) in [5.41, 5.74) is 0. The standard InChI is InChI=1S/C6H11O2.C4H4O4/c1-3-5-6(7)8-4-2;5-3(6)1-2-4(7)8/h1,3-5H2,2H3;1-2H,(H,5,6)(H,7,8)/b;2-1+. The first-order valence-corrected chi connectivity index (χ1v) is 4.52. The Bertz CT molecular complexity index is 232. The predicted molar refractivity (Wildman–Crippen MR) is 55.6 cm³/mol. The van der Waals surface area contributed by atoms with E-state index in [2.05, 4.69) is 11.7 Å². The molecule has 0 atom stereocenters. The largest absolute Gasteiger partial charge is 0.478 e. The van der Waals surface area contributed by atoms with Crippen molar-refractivity contribution < 1.29 is 29.3 Å². The Kier molecular flexibility index (Phi) is 11.6. The highest BCUT2D eigenvalue weighted by atomic mass is 16.5. The molecule has 0 saturated carbocycles. The van der Waals surface area contributed by atoms with Crippen LogP contribution in [-0.2, 0) is 19.1 Å². The average molecular weight is 231 g/mol. The van der Waals surface area contributed by atoms with Crippen molar-refractivity contribution in [3.05, 3.63) is 19.1 Å². The molecule has 1 radical (unpaired) electrons. The Hall–Kier alpha value is -1.85.